The molecular weight excluding hydrogens is 336 g/mol. The zero-order valence-electron chi connectivity index (χ0n) is 13.6. The number of rotatable bonds is 6. The molecule has 0 spiro atoms. The quantitative estimate of drug-likeness (QED) is 0.739. The highest BCUT2D eigenvalue weighted by molar-refractivity contribution is 7.13. The van der Waals surface area contributed by atoms with Gasteiger partial charge in [-0.15, -0.1) is 16.4 Å². The Kier molecular flexibility index (Phi) is 4.23. The Morgan fingerprint density at radius 2 is 2.00 bits per heavy atom. The van der Waals surface area contributed by atoms with Gasteiger partial charge in [-0.05, 0) is 29.9 Å². The van der Waals surface area contributed by atoms with E-state index in [-0.39, 0.29) is 24.2 Å². The standard InChI is InChI=1S/C18H18N4O2S/c23-16(19-11-13-5-2-1-3-6-13)12-21-18(24)22(14-8-9-14)17(20-21)15-7-4-10-25-15/h1-7,10,14H,8-9,11-12H2,(H,19,23). The highest BCUT2D eigenvalue weighted by Gasteiger charge is 2.31. The van der Waals surface area contributed by atoms with Crippen LogP contribution in [0.25, 0.3) is 10.7 Å². The number of nitrogens with zero attached hydrogens (tertiary/aromatic N) is 3. The van der Waals surface area contributed by atoms with Crippen molar-refractivity contribution >= 4 is 17.2 Å². The van der Waals surface area contributed by atoms with Crippen molar-refractivity contribution in [1.29, 1.82) is 0 Å². The molecule has 2 aromatic heterocycles. The fraction of sp³-hybridized carbons (Fsp3) is 0.278. The molecule has 1 aliphatic rings. The Labute approximate surface area is 148 Å². The van der Waals surface area contributed by atoms with Gasteiger partial charge < -0.3 is 5.32 Å². The summed E-state index contributed by atoms with van der Waals surface area (Å²) in [7, 11) is 0. The summed E-state index contributed by atoms with van der Waals surface area (Å²) < 4.78 is 3.00. The minimum Gasteiger partial charge on any atom is -0.350 e. The van der Waals surface area contributed by atoms with Crippen molar-refractivity contribution in [1.82, 2.24) is 19.7 Å². The zero-order valence-corrected chi connectivity index (χ0v) is 14.4. The molecule has 1 N–H and O–H groups in total. The third-order valence-electron chi connectivity index (χ3n) is 4.15. The number of amides is 1. The lowest BCUT2D eigenvalue weighted by Crippen LogP contribution is -2.33. The van der Waals surface area contributed by atoms with Crippen LogP contribution in [0.1, 0.15) is 24.4 Å². The number of aromatic nitrogens is 3. The SMILES string of the molecule is O=C(Cn1nc(-c2cccs2)n(C2CC2)c1=O)NCc1ccccc1. The third-order valence-corrected chi connectivity index (χ3v) is 5.02. The van der Waals surface area contributed by atoms with Crippen molar-refractivity contribution in [2.45, 2.75) is 32.0 Å². The minimum atomic E-state index is -0.218. The van der Waals surface area contributed by atoms with Crippen molar-refractivity contribution in [3.63, 3.8) is 0 Å². The summed E-state index contributed by atoms with van der Waals surface area (Å²) >= 11 is 1.55. The number of thiophene rings is 1. The maximum Gasteiger partial charge on any atom is 0.346 e. The zero-order chi connectivity index (χ0) is 17.2. The molecule has 128 valence electrons. The average molecular weight is 354 g/mol. The monoisotopic (exact) mass is 354 g/mol. The Morgan fingerprint density at radius 1 is 1.20 bits per heavy atom. The average Bonchev–Trinajstić information content (AvgIpc) is 3.21. The van der Waals surface area contributed by atoms with Crippen LogP contribution in [0.15, 0.2) is 52.6 Å². The first-order chi connectivity index (χ1) is 12.2. The molecule has 0 atom stereocenters. The second-order valence-electron chi connectivity index (χ2n) is 6.10. The summed E-state index contributed by atoms with van der Waals surface area (Å²) in [6.45, 7) is 0.374. The van der Waals surface area contributed by atoms with Crippen LogP contribution >= 0.6 is 11.3 Å². The van der Waals surface area contributed by atoms with E-state index in [4.69, 9.17) is 0 Å². The van der Waals surface area contributed by atoms with Crippen LogP contribution < -0.4 is 11.0 Å². The predicted octanol–water partition coefficient (Wildman–Crippen LogP) is 2.42. The summed E-state index contributed by atoms with van der Waals surface area (Å²) in [5.74, 6) is 0.447. The number of benzene rings is 1. The van der Waals surface area contributed by atoms with E-state index in [0.717, 1.165) is 23.3 Å². The van der Waals surface area contributed by atoms with Gasteiger partial charge in [0, 0.05) is 12.6 Å². The highest BCUT2D eigenvalue weighted by atomic mass is 32.1. The van der Waals surface area contributed by atoms with E-state index in [1.54, 1.807) is 15.9 Å². The largest absolute Gasteiger partial charge is 0.350 e. The van der Waals surface area contributed by atoms with Crippen LogP contribution in [0.2, 0.25) is 0 Å². The first kappa shape index (κ1) is 15.8. The van der Waals surface area contributed by atoms with Gasteiger partial charge in [-0.2, -0.15) is 0 Å². The van der Waals surface area contributed by atoms with Crippen molar-refractivity contribution in [3.8, 4) is 10.7 Å². The van der Waals surface area contributed by atoms with E-state index in [9.17, 15) is 9.59 Å². The molecule has 0 saturated heterocycles. The van der Waals surface area contributed by atoms with E-state index in [0.29, 0.717) is 12.4 Å². The normalized spacial score (nSPS) is 13.8. The number of hydrogen-bond acceptors (Lipinski definition) is 4. The summed E-state index contributed by atoms with van der Waals surface area (Å²) in [5, 5.41) is 9.22. The Morgan fingerprint density at radius 3 is 2.68 bits per heavy atom. The van der Waals surface area contributed by atoms with E-state index in [2.05, 4.69) is 10.4 Å². The van der Waals surface area contributed by atoms with Gasteiger partial charge in [0.15, 0.2) is 5.82 Å². The second-order valence-corrected chi connectivity index (χ2v) is 7.05. The topological polar surface area (TPSA) is 68.9 Å². The number of hydrogen-bond donors (Lipinski definition) is 1. The van der Waals surface area contributed by atoms with Crippen molar-refractivity contribution in [2.75, 3.05) is 0 Å². The molecule has 0 unspecified atom stereocenters. The third kappa shape index (κ3) is 3.41. The summed E-state index contributed by atoms with van der Waals surface area (Å²) in [4.78, 5) is 25.8. The predicted molar refractivity (Wildman–Crippen MR) is 96.4 cm³/mol. The van der Waals surface area contributed by atoms with Crippen LogP contribution in [0.3, 0.4) is 0 Å². The molecular formula is C18H18N4O2S. The maximum atomic E-state index is 12.7. The Bertz CT molecular complexity index is 924. The lowest BCUT2D eigenvalue weighted by atomic mass is 10.2. The summed E-state index contributed by atoms with van der Waals surface area (Å²) in [6, 6.07) is 13.8. The van der Waals surface area contributed by atoms with Gasteiger partial charge in [0.1, 0.15) is 6.54 Å². The first-order valence-electron chi connectivity index (χ1n) is 8.26. The van der Waals surface area contributed by atoms with Crippen LogP contribution in [-0.2, 0) is 17.9 Å². The molecule has 2 heterocycles. The van der Waals surface area contributed by atoms with Crippen LogP contribution in [0.4, 0.5) is 0 Å². The van der Waals surface area contributed by atoms with E-state index in [1.165, 1.54) is 4.68 Å². The molecule has 1 saturated carbocycles. The second kappa shape index (κ2) is 6.68. The van der Waals surface area contributed by atoms with Crippen LogP contribution in [-0.4, -0.2) is 20.3 Å². The molecule has 3 aromatic rings. The molecule has 6 nitrogen and oxygen atoms in total. The van der Waals surface area contributed by atoms with Gasteiger partial charge in [0.05, 0.1) is 4.88 Å². The number of carbonyl (C=O) groups excluding carboxylic acids is 1. The molecule has 25 heavy (non-hydrogen) atoms. The Balaban J connectivity index is 1.51. The van der Waals surface area contributed by atoms with E-state index in [1.807, 2.05) is 47.8 Å². The fourth-order valence-corrected chi connectivity index (χ4v) is 3.45. The van der Waals surface area contributed by atoms with Gasteiger partial charge in [-0.3, -0.25) is 9.36 Å². The van der Waals surface area contributed by atoms with E-state index >= 15 is 0 Å². The maximum absolute atomic E-state index is 12.7. The lowest BCUT2D eigenvalue weighted by Gasteiger charge is -2.04. The van der Waals surface area contributed by atoms with Gasteiger partial charge >= 0.3 is 5.69 Å². The molecule has 7 heteroatoms. The Hall–Kier alpha value is -2.67. The van der Waals surface area contributed by atoms with Gasteiger partial charge in [0.25, 0.3) is 0 Å². The number of nitrogens with one attached hydrogen (secondary N) is 1. The van der Waals surface area contributed by atoms with Gasteiger partial charge in [-0.25, -0.2) is 9.48 Å². The molecule has 1 fully saturated rings. The first-order valence-corrected chi connectivity index (χ1v) is 9.14. The van der Waals surface area contributed by atoms with Gasteiger partial charge in [-0.1, -0.05) is 36.4 Å². The summed E-state index contributed by atoms with van der Waals surface area (Å²) in [5.41, 5.74) is 0.812. The molecule has 0 radical (unpaired) electrons. The molecule has 1 aromatic carbocycles. The molecule has 4 rings (SSSR count). The van der Waals surface area contributed by atoms with Crippen LogP contribution in [0, 0.1) is 0 Å². The van der Waals surface area contributed by atoms with Gasteiger partial charge in [0.2, 0.25) is 5.91 Å². The van der Waals surface area contributed by atoms with Crippen molar-refractivity contribution < 1.29 is 4.79 Å². The lowest BCUT2D eigenvalue weighted by molar-refractivity contribution is -0.122. The number of carbonyl (C=O) groups is 1. The molecule has 1 amide bonds. The fourth-order valence-electron chi connectivity index (χ4n) is 2.75. The van der Waals surface area contributed by atoms with Crippen molar-refractivity contribution in [2.24, 2.45) is 0 Å². The molecule has 0 bridgehead atoms. The van der Waals surface area contributed by atoms with Crippen LogP contribution in [0.5, 0.6) is 0 Å². The molecule has 1 aliphatic carbocycles. The molecule has 0 aliphatic heterocycles. The summed E-state index contributed by atoms with van der Waals surface area (Å²) in [6.07, 6.45) is 1.98. The minimum absolute atomic E-state index is 0.0657. The smallest absolute Gasteiger partial charge is 0.346 e. The van der Waals surface area contributed by atoms with E-state index < -0.39 is 0 Å². The highest BCUT2D eigenvalue weighted by Crippen LogP contribution is 2.37. The van der Waals surface area contributed by atoms with Crippen molar-refractivity contribution in [3.05, 3.63) is 63.9 Å².